The maximum absolute atomic E-state index is 12.8. The molecule has 2 aliphatic rings. The number of benzene rings is 1. The Morgan fingerprint density at radius 1 is 1.21 bits per heavy atom. The summed E-state index contributed by atoms with van der Waals surface area (Å²) in [6, 6.07) is 7.03. The largest absolute Gasteiger partial charge is 0.355 e. The van der Waals surface area contributed by atoms with Gasteiger partial charge in [-0.2, -0.15) is 0 Å². The van der Waals surface area contributed by atoms with Crippen molar-refractivity contribution in [3.63, 3.8) is 0 Å². The van der Waals surface area contributed by atoms with E-state index in [2.05, 4.69) is 21.1 Å². The van der Waals surface area contributed by atoms with Gasteiger partial charge in [0.2, 0.25) is 5.91 Å². The topological polar surface area (TPSA) is 56.4 Å². The maximum Gasteiger partial charge on any atom is 0.234 e. The molecule has 2 fully saturated rings. The van der Waals surface area contributed by atoms with E-state index in [0.717, 1.165) is 50.4 Å². The molecule has 2 heterocycles. The summed E-state index contributed by atoms with van der Waals surface area (Å²) >= 11 is 0. The number of hydrogen-bond donors (Lipinski definition) is 3. The van der Waals surface area contributed by atoms with Gasteiger partial charge in [0.05, 0.1) is 6.54 Å². The van der Waals surface area contributed by atoms with Gasteiger partial charge in [-0.15, -0.1) is 0 Å². The minimum atomic E-state index is -0.227. The molecule has 0 bridgehead atoms. The fourth-order valence-electron chi connectivity index (χ4n) is 3.63. The zero-order valence-electron chi connectivity index (χ0n) is 14.1. The predicted octanol–water partition coefficient (Wildman–Crippen LogP) is 1.06. The molecule has 1 aromatic carbocycles. The van der Waals surface area contributed by atoms with Gasteiger partial charge in [0.15, 0.2) is 0 Å². The van der Waals surface area contributed by atoms with E-state index in [4.69, 9.17) is 0 Å². The number of amides is 1. The number of nitrogens with zero attached hydrogens (tertiary/aromatic N) is 1. The summed E-state index contributed by atoms with van der Waals surface area (Å²) in [5.41, 5.74) is 7.60. The molecule has 0 radical (unpaired) electrons. The third-order valence-electron chi connectivity index (χ3n) is 5.09. The maximum atomic E-state index is 12.8. The van der Waals surface area contributed by atoms with Crippen LogP contribution in [-0.4, -0.2) is 49.6 Å². The lowest BCUT2D eigenvalue weighted by atomic mass is 9.88. The SMILES string of the molecule is O=C(CN1CCC(C2CCNN2)CC1)NCCc1ccc(F)cc1. The van der Waals surface area contributed by atoms with Crippen LogP contribution in [0.2, 0.25) is 0 Å². The number of likely N-dealkylation sites (tertiary alicyclic amines) is 1. The van der Waals surface area contributed by atoms with Crippen molar-refractivity contribution in [2.24, 2.45) is 5.92 Å². The molecular weight excluding hydrogens is 307 g/mol. The van der Waals surface area contributed by atoms with Crippen LogP contribution in [0.3, 0.4) is 0 Å². The number of halogens is 1. The number of rotatable bonds is 6. The summed E-state index contributed by atoms with van der Waals surface area (Å²) in [6.07, 6.45) is 4.24. The van der Waals surface area contributed by atoms with E-state index in [1.54, 1.807) is 12.1 Å². The smallest absolute Gasteiger partial charge is 0.234 e. The molecule has 0 aliphatic carbocycles. The quantitative estimate of drug-likeness (QED) is 0.728. The van der Waals surface area contributed by atoms with Crippen molar-refractivity contribution in [3.05, 3.63) is 35.6 Å². The Bertz CT molecular complexity index is 522. The zero-order chi connectivity index (χ0) is 16.8. The third-order valence-corrected chi connectivity index (χ3v) is 5.09. The van der Waals surface area contributed by atoms with Crippen molar-refractivity contribution in [1.29, 1.82) is 0 Å². The van der Waals surface area contributed by atoms with Crippen LogP contribution in [0.1, 0.15) is 24.8 Å². The first-order valence-corrected chi connectivity index (χ1v) is 8.92. The van der Waals surface area contributed by atoms with Crippen LogP contribution >= 0.6 is 0 Å². The second-order valence-electron chi connectivity index (χ2n) is 6.81. The highest BCUT2D eigenvalue weighted by Gasteiger charge is 2.28. The Balaban J connectivity index is 1.31. The standard InChI is InChI=1S/C18H27FN4O/c19-16-3-1-14(2-4-16)5-9-20-18(24)13-23-11-7-15(8-12-23)17-6-10-21-22-17/h1-4,15,17,21-22H,5-13H2,(H,20,24). The average Bonchev–Trinajstić information content (AvgIpc) is 3.12. The average molecular weight is 334 g/mol. The fourth-order valence-corrected chi connectivity index (χ4v) is 3.63. The van der Waals surface area contributed by atoms with E-state index in [1.807, 2.05) is 0 Å². The summed E-state index contributed by atoms with van der Waals surface area (Å²) in [7, 11) is 0. The lowest BCUT2D eigenvalue weighted by Crippen LogP contribution is -2.45. The molecule has 5 nitrogen and oxygen atoms in total. The molecule has 0 aromatic heterocycles. The van der Waals surface area contributed by atoms with Gasteiger partial charge < -0.3 is 5.32 Å². The molecule has 2 saturated heterocycles. The van der Waals surface area contributed by atoms with Crippen LogP contribution in [-0.2, 0) is 11.2 Å². The van der Waals surface area contributed by atoms with Gasteiger partial charge in [0.1, 0.15) is 5.82 Å². The highest BCUT2D eigenvalue weighted by atomic mass is 19.1. The highest BCUT2D eigenvalue weighted by molar-refractivity contribution is 5.78. The molecular formula is C18H27FN4O. The summed E-state index contributed by atoms with van der Waals surface area (Å²) in [5, 5.41) is 2.96. The first kappa shape index (κ1) is 17.3. The summed E-state index contributed by atoms with van der Waals surface area (Å²) in [4.78, 5) is 14.3. The van der Waals surface area contributed by atoms with Gasteiger partial charge in [-0.3, -0.25) is 20.5 Å². The third kappa shape index (κ3) is 5.00. The number of carbonyl (C=O) groups excluding carboxylic acids is 1. The van der Waals surface area contributed by atoms with Gasteiger partial charge in [-0.05, 0) is 62.4 Å². The normalized spacial score (nSPS) is 22.6. The summed E-state index contributed by atoms with van der Waals surface area (Å²) < 4.78 is 12.8. The second-order valence-corrected chi connectivity index (χ2v) is 6.81. The van der Waals surface area contributed by atoms with Crippen molar-refractivity contribution in [1.82, 2.24) is 21.1 Å². The number of piperidine rings is 1. The van der Waals surface area contributed by atoms with Gasteiger partial charge >= 0.3 is 0 Å². The molecule has 1 unspecified atom stereocenters. The van der Waals surface area contributed by atoms with E-state index in [-0.39, 0.29) is 11.7 Å². The molecule has 1 aromatic rings. The molecule has 0 spiro atoms. The van der Waals surface area contributed by atoms with Crippen LogP contribution in [0.25, 0.3) is 0 Å². The monoisotopic (exact) mass is 334 g/mol. The van der Waals surface area contributed by atoms with Crippen LogP contribution in [0.5, 0.6) is 0 Å². The van der Waals surface area contributed by atoms with Crippen LogP contribution in [0.15, 0.2) is 24.3 Å². The second kappa shape index (κ2) is 8.55. The Morgan fingerprint density at radius 2 is 1.96 bits per heavy atom. The summed E-state index contributed by atoms with van der Waals surface area (Å²) in [5.74, 6) is 0.573. The minimum Gasteiger partial charge on any atom is -0.355 e. The Labute approximate surface area is 143 Å². The number of hydrogen-bond acceptors (Lipinski definition) is 4. The number of nitrogens with one attached hydrogen (secondary N) is 3. The number of carbonyl (C=O) groups is 1. The van der Waals surface area contributed by atoms with Crippen molar-refractivity contribution in [2.45, 2.75) is 31.7 Å². The Morgan fingerprint density at radius 3 is 2.62 bits per heavy atom. The van der Waals surface area contributed by atoms with Crippen LogP contribution in [0, 0.1) is 11.7 Å². The molecule has 3 rings (SSSR count). The molecule has 24 heavy (non-hydrogen) atoms. The van der Waals surface area contributed by atoms with Crippen molar-refractivity contribution in [3.8, 4) is 0 Å². The van der Waals surface area contributed by atoms with E-state index in [0.29, 0.717) is 19.1 Å². The first-order chi connectivity index (χ1) is 11.7. The van der Waals surface area contributed by atoms with Crippen molar-refractivity contribution < 1.29 is 9.18 Å². The van der Waals surface area contributed by atoms with E-state index in [9.17, 15) is 9.18 Å². The summed E-state index contributed by atoms with van der Waals surface area (Å²) in [6.45, 7) is 4.12. The van der Waals surface area contributed by atoms with Crippen LogP contribution < -0.4 is 16.2 Å². The lowest BCUT2D eigenvalue weighted by Gasteiger charge is -2.34. The molecule has 2 aliphatic heterocycles. The zero-order valence-corrected chi connectivity index (χ0v) is 14.1. The lowest BCUT2D eigenvalue weighted by molar-refractivity contribution is -0.122. The number of hydrazine groups is 1. The predicted molar refractivity (Wildman–Crippen MR) is 91.8 cm³/mol. The molecule has 3 N–H and O–H groups in total. The molecule has 132 valence electrons. The van der Waals surface area contributed by atoms with Crippen LogP contribution in [0.4, 0.5) is 4.39 Å². The fraction of sp³-hybridized carbons (Fsp3) is 0.611. The van der Waals surface area contributed by atoms with Gasteiger partial charge in [-0.25, -0.2) is 4.39 Å². The Hall–Kier alpha value is -1.50. The molecule has 6 heteroatoms. The Kier molecular flexibility index (Phi) is 6.18. The minimum absolute atomic E-state index is 0.0798. The molecule has 1 atom stereocenters. The molecule has 0 saturated carbocycles. The van der Waals surface area contributed by atoms with Gasteiger partial charge in [0.25, 0.3) is 0 Å². The first-order valence-electron chi connectivity index (χ1n) is 8.92. The van der Waals surface area contributed by atoms with Gasteiger partial charge in [-0.1, -0.05) is 12.1 Å². The van der Waals surface area contributed by atoms with E-state index in [1.165, 1.54) is 18.6 Å². The van der Waals surface area contributed by atoms with Crippen molar-refractivity contribution in [2.75, 3.05) is 32.7 Å². The van der Waals surface area contributed by atoms with Gasteiger partial charge in [0, 0.05) is 19.1 Å². The van der Waals surface area contributed by atoms with Crippen molar-refractivity contribution >= 4 is 5.91 Å². The van der Waals surface area contributed by atoms with E-state index >= 15 is 0 Å². The highest BCUT2D eigenvalue weighted by Crippen LogP contribution is 2.23. The molecule has 1 amide bonds. The van der Waals surface area contributed by atoms with E-state index < -0.39 is 0 Å².